The van der Waals surface area contributed by atoms with Crippen molar-refractivity contribution in [1.82, 2.24) is 10.4 Å². The maximum atomic E-state index is 13.5. The van der Waals surface area contributed by atoms with E-state index in [0.717, 1.165) is 15.0 Å². The molecule has 3 aromatic rings. The van der Waals surface area contributed by atoms with Crippen LogP contribution in [0.3, 0.4) is 0 Å². The third-order valence-corrected chi connectivity index (χ3v) is 4.48. The Morgan fingerprint density at radius 2 is 2.08 bits per heavy atom. The molecule has 0 bridgehead atoms. The van der Waals surface area contributed by atoms with E-state index >= 15 is 0 Å². The zero-order valence-electron chi connectivity index (χ0n) is 12.2. The van der Waals surface area contributed by atoms with Crippen molar-refractivity contribution in [3.63, 3.8) is 0 Å². The van der Waals surface area contributed by atoms with Gasteiger partial charge in [0.15, 0.2) is 0 Å². The lowest BCUT2D eigenvalue weighted by molar-refractivity contribution is 0.0951. The SMILES string of the molecule is O=C(N/N=C\c1csc(-c2cccc(Br)c2)n1)c1ccccc1F. The van der Waals surface area contributed by atoms with Gasteiger partial charge in [0, 0.05) is 15.4 Å². The summed E-state index contributed by atoms with van der Waals surface area (Å²) < 4.78 is 14.5. The Hall–Kier alpha value is -2.38. The van der Waals surface area contributed by atoms with Crippen LogP contribution >= 0.6 is 27.3 Å². The van der Waals surface area contributed by atoms with E-state index in [-0.39, 0.29) is 5.56 Å². The Labute approximate surface area is 150 Å². The zero-order chi connectivity index (χ0) is 16.9. The van der Waals surface area contributed by atoms with E-state index in [4.69, 9.17) is 0 Å². The number of aromatic nitrogens is 1. The Bertz CT molecular complexity index is 910. The van der Waals surface area contributed by atoms with Crippen LogP contribution in [0.25, 0.3) is 10.6 Å². The lowest BCUT2D eigenvalue weighted by atomic mass is 10.2. The normalized spacial score (nSPS) is 10.9. The molecular formula is C17H11BrFN3OS. The molecule has 0 aliphatic carbocycles. The first kappa shape index (κ1) is 16.5. The number of thiazole rings is 1. The Morgan fingerprint density at radius 1 is 1.25 bits per heavy atom. The summed E-state index contributed by atoms with van der Waals surface area (Å²) in [5.41, 5.74) is 3.85. The molecule has 2 aromatic carbocycles. The molecule has 0 aliphatic rings. The van der Waals surface area contributed by atoms with Gasteiger partial charge in [-0.1, -0.05) is 40.2 Å². The van der Waals surface area contributed by atoms with E-state index in [2.05, 4.69) is 31.4 Å². The number of hydrogen-bond acceptors (Lipinski definition) is 4. The van der Waals surface area contributed by atoms with E-state index in [1.54, 1.807) is 6.07 Å². The summed E-state index contributed by atoms with van der Waals surface area (Å²) in [7, 11) is 0. The molecule has 0 saturated carbocycles. The predicted molar refractivity (Wildman–Crippen MR) is 96.7 cm³/mol. The minimum absolute atomic E-state index is 0.0530. The molecule has 1 aromatic heterocycles. The fourth-order valence-electron chi connectivity index (χ4n) is 1.96. The summed E-state index contributed by atoms with van der Waals surface area (Å²) in [6.07, 6.45) is 1.43. The number of carbonyl (C=O) groups is 1. The van der Waals surface area contributed by atoms with E-state index < -0.39 is 11.7 Å². The van der Waals surface area contributed by atoms with Gasteiger partial charge in [0.05, 0.1) is 17.5 Å². The van der Waals surface area contributed by atoms with Crippen LogP contribution < -0.4 is 5.43 Å². The van der Waals surface area contributed by atoms with Gasteiger partial charge in [-0.2, -0.15) is 5.10 Å². The van der Waals surface area contributed by atoms with Crippen molar-refractivity contribution in [2.45, 2.75) is 0 Å². The number of hydrazone groups is 1. The summed E-state index contributed by atoms with van der Waals surface area (Å²) in [4.78, 5) is 16.3. The second-order valence-electron chi connectivity index (χ2n) is 4.77. The highest BCUT2D eigenvalue weighted by atomic mass is 79.9. The van der Waals surface area contributed by atoms with Crippen LogP contribution in [0.5, 0.6) is 0 Å². The van der Waals surface area contributed by atoms with E-state index in [0.29, 0.717) is 5.69 Å². The number of nitrogens with zero attached hydrogens (tertiary/aromatic N) is 2. The highest BCUT2D eigenvalue weighted by Crippen LogP contribution is 2.25. The smallest absolute Gasteiger partial charge is 0.267 e. The van der Waals surface area contributed by atoms with Gasteiger partial charge in [-0.3, -0.25) is 4.79 Å². The third kappa shape index (κ3) is 3.93. The second-order valence-corrected chi connectivity index (χ2v) is 6.54. The Morgan fingerprint density at radius 3 is 2.88 bits per heavy atom. The summed E-state index contributed by atoms with van der Waals surface area (Å²) in [6, 6.07) is 13.5. The average Bonchev–Trinajstić information content (AvgIpc) is 3.04. The van der Waals surface area contributed by atoms with E-state index in [1.807, 2.05) is 29.6 Å². The number of amides is 1. The summed E-state index contributed by atoms with van der Waals surface area (Å²) in [5.74, 6) is -1.19. The molecule has 120 valence electrons. The van der Waals surface area contributed by atoms with Crippen molar-refractivity contribution in [3.8, 4) is 10.6 Å². The molecule has 1 heterocycles. The molecular weight excluding hydrogens is 393 g/mol. The number of benzene rings is 2. The molecule has 1 amide bonds. The van der Waals surface area contributed by atoms with Gasteiger partial charge in [0.25, 0.3) is 5.91 Å². The van der Waals surface area contributed by atoms with Crippen molar-refractivity contribution >= 4 is 39.4 Å². The van der Waals surface area contributed by atoms with Crippen LogP contribution in [0, 0.1) is 5.82 Å². The molecule has 24 heavy (non-hydrogen) atoms. The molecule has 0 atom stereocenters. The molecule has 0 fully saturated rings. The molecule has 1 N–H and O–H groups in total. The number of nitrogens with one attached hydrogen (secondary N) is 1. The first-order chi connectivity index (χ1) is 11.6. The maximum absolute atomic E-state index is 13.5. The Kier molecular flexibility index (Phi) is 5.12. The molecule has 0 saturated heterocycles. The largest absolute Gasteiger partial charge is 0.274 e. The minimum Gasteiger partial charge on any atom is -0.267 e. The monoisotopic (exact) mass is 403 g/mol. The van der Waals surface area contributed by atoms with Crippen molar-refractivity contribution in [2.75, 3.05) is 0 Å². The first-order valence-corrected chi connectivity index (χ1v) is 8.60. The molecule has 0 radical (unpaired) electrons. The number of hydrogen-bond donors (Lipinski definition) is 1. The van der Waals surface area contributed by atoms with Gasteiger partial charge >= 0.3 is 0 Å². The van der Waals surface area contributed by atoms with Crippen molar-refractivity contribution in [1.29, 1.82) is 0 Å². The quantitative estimate of drug-likeness (QED) is 0.515. The second kappa shape index (κ2) is 7.46. The van der Waals surface area contributed by atoms with Crippen molar-refractivity contribution in [3.05, 3.63) is 75.5 Å². The molecule has 0 spiro atoms. The third-order valence-electron chi connectivity index (χ3n) is 3.07. The van der Waals surface area contributed by atoms with Gasteiger partial charge in [-0.15, -0.1) is 11.3 Å². The van der Waals surface area contributed by atoms with Gasteiger partial charge in [0.1, 0.15) is 10.8 Å². The average molecular weight is 404 g/mol. The highest BCUT2D eigenvalue weighted by Gasteiger charge is 2.09. The molecule has 0 unspecified atom stereocenters. The van der Waals surface area contributed by atoms with Gasteiger partial charge in [-0.05, 0) is 24.3 Å². The highest BCUT2D eigenvalue weighted by molar-refractivity contribution is 9.10. The van der Waals surface area contributed by atoms with Crippen LogP contribution in [0.1, 0.15) is 16.1 Å². The molecule has 7 heteroatoms. The first-order valence-electron chi connectivity index (χ1n) is 6.93. The summed E-state index contributed by atoms with van der Waals surface area (Å²) >= 11 is 4.90. The summed E-state index contributed by atoms with van der Waals surface area (Å²) in [6.45, 7) is 0. The summed E-state index contributed by atoms with van der Waals surface area (Å²) in [5, 5.41) is 6.50. The van der Waals surface area contributed by atoms with Crippen molar-refractivity contribution < 1.29 is 9.18 Å². The van der Waals surface area contributed by atoms with E-state index in [9.17, 15) is 9.18 Å². The Balaban J connectivity index is 1.68. The number of rotatable bonds is 4. The predicted octanol–water partition coefficient (Wildman–Crippen LogP) is 4.48. The van der Waals surface area contributed by atoms with Crippen LogP contribution in [0.4, 0.5) is 4.39 Å². The van der Waals surface area contributed by atoms with Gasteiger partial charge < -0.3 is 0 Å². The topological polar surface area (TPSA) is 54.4 Å². The zero-order valence-corrected chi connectivity index (χ0v) is 14.6. The van der Waals surface area contributed by atoms with Crippen LogP contribution in [0.2, 0.25) is 0 Å². The lowest BCUT2D eigenvalue weighted by Gasteiger charge is -2.00. The maximum Gasteiger partial charge on any atom is 0.274 e. The van der Waals surface area contributed by atoms with Crippen LogP contribution in [0.15, 0.2) is 63.5 Å². The minimum atomic E-state index is -0.605. The van der Waals surface area contributed by atoms with E-state index in [1.165, 1.54) is 35.8 Å². The van der Waals surface area contributed by atoms with Crippen LogP contribution in [-0.4, -0.2) is 17.1 Å². The molecule has 3 rings (SSSR count). The fourth-order valence-corrected chi connectivity index (χ4v) is 3.13. The van der Waals surface area contributed by atoms with Gasteiger partial charge in [-0.25, -0.2) is 14.8 Å². The van der Waals surface area contributed by atoms with Crippen LogP contribution in [-0.2, 0) is 0 Å². The standard InChI is InChI=1S/C17H11BrFN3OS/c18-12-5-3-4-11(8-12)17-21-13(10-24-17)9-20-22-16(23)14-6-1-2-7-15(14)19/h1-10H,(H,22,23)/b20-9-. The fraction of sp³-hybridized carbons (Fsp3) is 0. The van der Waals surface area contributed by atoms with Gasteiger partial charge in [0.2, 0.25) is 0 Å². The molecule has 4 nitrogen and oxygen atoms in total. The lowest BCUT2D eigenvalue weighted by Crippen LogP contribution is -2.18. The molecule has 0 aliphatic heterocycles. The number of halogens is 2. The number of carbonyl (C=O) groups excluding carboxylic acids is 1. The van der Waals surface area contributed by atoms with Crippen molar-refractivity contribution in [2.24, 2.45) is 5.10 Å².